The van der Waals surface area contributed by atoms with Gasteiger partial charge in [0.25, 0.3) is 0 Å². The normalized spacial score (nSPS) is 29.2. The second-order valence-electron chi connectivity index (χ2n) is 8.44. The fraction of sp³-hybridized carbons (Fsp3) is 0.895. The lowest BCUT2D eigenvalue weighted by Gasteiger charge is -2.55. The van der Waals surface area contributed by atoms with Gasteiger partial charge in [0.05, 0.1) is 31.8 Å². The molecule has 0 aromatic rings. The third-order valence-corrected chi connectivity index (χ3v) is 6.68. The van der Waals surface area contributed by atoms with Gasteiger partial charge in [-0.1, -0.05) is 5.04 Å². The molecule has 1 N–H and O–H groups in total. The van der Waals surface area contributed by atoms with Crippen molar-refractivity contribution in [2.75, 3.05) is 39.6 Å². The predicted octanol–water partition coefficient (Wildman–Crippen LogP) is 2.98. The molecular weight excluding hydrogens is 442 g/mol. The van der Waals surface area contributed by atoms with Crippen LogP contribution in [-0.4, -0.2) is 62.1 Å². The summed E-state index contributed by atoms with van der Waals surface area (Å²) in [6.45, 7) is 0.312. The average Bonchev–Trinajstić information content (AvgIpc) is 2.72. The van der Waals surface area contributed by atoms with Crippen LogP contribution in [0.15, 0.2) is 0 Å². The first-order valence-electron chi connectivity index (χ1n) is 10.4. The first kappa shape index (κ1) is 24.6. The van der Waals surface area contributed by atoms with Gasteiger partial charge in [0, 0.05) is 0 Å². The summed E-state index contributed by atoms with van der Waals surface area (Å²) in [4.78, 5) is 23.8. The standard InChI is InChI=1S/C19H28F2O9S/c20-19(21,31-30-29-24)17(23)28-6-4-26-2-1-25-3-5-27-16(22)18-10-13-7-14(11-18)9-15(8-13)12-18/h13-15,24H,1-12H2. The van der Waals surface area contributed by atoms with E-state index >= 15 is 0 Å². The van der Waals surface area contributed by atoms with Crippen molar-refractivity contribution < 1.29 is 51.9 Å². The Balaban J connectivity index is 1.18. The third kappa shape index (κ3) is 6.72. The number of carbonyl (C=O) groups excluding carboxylic acids is 2. The molecule has 178 valence electrons. The Kier molecular flexibility index (Phi) is 8.88. The Hall–Kier alpha value is -1.05. The second kappa shape index (κ2) is 11.2. The highest BCUT2D eigenvalue weighted by Crippen LogP contribution is 2.60. The average molecular weight is 470 g/mol. The number of ether oxygens (including phenoxy) is 4. The van der Waals surface area contributed by atoms with E-state index in [4.69, 9.17) is 19.5 Å². The van der Waals surface area contributed by atoms with Gasteiger partial charge >= 0.3 is 17.2 Å². The molecule has 0 atom stereocenters. The molecule has 0 aromatic heterocycles. The highest BCUT2D eigenvalue weighted by molar-refractivity contribution is 7.96. The zero-order valence-electron chi connectivity index (χ0n) is 17.1. The van der Waals surface area contributed by atoms with E-state index in [-0.39, 0.29) is 44.4 Å². The number of alkyl halides is 2. The van der Waals surface area contributed by atoms with Gasteiger partial charge in [0.1, 0.15) is 25.3 Å². The van der Waals surface area contributed by atoms with Crippen LogP contribution >= 0.6 is 12.0 Å². The van der Waals surface area contributed by atoms with Crippen molar-refractivity contribution in [3.05, 3.63) is 0 Å². The molecule has 0 saturated heterocycles. The van der Waals surface area contributed by atoms with Crippen LogP contribution in [0.1, 0.15) is 38.5 Å². The summed E-state index contributed by atoms with van der Waals surface area (Å²) in [7, 11) is 0. The van der Waals surface area contributed by atoms with Gasteiger partial charge in [-0.3, -0.25) is 4.79 Å². The van der Waals surface area contributed by atoms with Crippen molar-refractivity contribution >= 4 is 24.0 Å². The molecule has 4 saturated carbocycles. The fourth-order valence-corrected chi connectivity index (χ4v) is 5.64. The highest BCUT2D eigenvalue weighted by atomic mass is 32.2. The van der Waals surface area contributed by atoms with Gasteiger partial charge in [-0.05, 0) is 56.3 Å². The molecule has 0 aliphatic heterocycles. The van der Waals surface area contributed by atoms with E-state index < -0.39 is 29.9 Å². The summed E-state index contributed by atoms with van der Waals surface area (Å²) in [5.41, 5.74) is -0.276. The zero-order valence-corrected chi connectivity index (χ0v) is 17.9. The molecule has 31 heavy (non-hydrogen) atoms. The molecule has 0 heterocycles. The molecule has 0 unspecified atom stereocenters. The maximum absolute atomic E-state index is 13.1. The molecule has 4 rings (SSSR count). The number of rotatable bonds is 14. The van der Waals surface area contributed by atoms with E-state index in [1.165, 1.54) is 19.3 Å². The van der Waals surface area contributed by atoms with Crippen LogP contribution in [0.25, 0.3) is 0 Å². The van der Waals surface area contributed by atoms with E-state index in [2.05, 4.69) is 14.1 Å². The van der Waals surface area contributed by atoms with Crippen LogP contribution < -0.4 is 0 Å². The van der Waals surface area contributed by atoms with E-state index in [0.717, 1.165) is 19.3 Å². The van der Waals surface area contributed by atoms with E-state index in [9.17, 15) is 18.4 Å². The molecule has 4 fully saturated rings. The van der Waals surface area contributed by atoms with Crippen molar-refractivity contribution in [2.45, 2.75) is 43.8 Å². The van der Waals surface area contributed by atoms with E-state index in [1.807, 2.05) is 0 Å². The summed E-state index contributed by atoms with van der Waals surface area (Å²) >= 11 is -0.693. The Bertz CT molecular complexity index is 584. The van der Waals surface area contributed by atoms with Gasteiger partial charge in [0.15, 0.2) is 0 Å². The molecule has 4 aliphatic carbocycles. The fourth-order valence-electron chi connectivity index (χ4n) is 5.40. The van der Waals surface area contributed by atoms with Crippen LogP contribution in [-0.2, 0) is 37.9 Å². The first-order valence-corrected chi connectivity index (χ1v) is 11.1. The summed E-state index contributed by atoms with van der Waals surface area (Å²) in [6, 6.07) is 0. The second-order valence-corrected chi connectivity index (χ2v) is 9.25. The van der Waals surface area contributed by atoms with Crippen molar-refractivity contribution in [1.82, 2.24) is 0 Å². The minimum absolute atomic E-state index is 0.0841. The Morgan fingerprint density at radius 1 is 0.871 bits per heavy atom. The van der Waals surface area contributed by atoms with Crippen LogP contribution in [0.4, 0.5) is 8.78 Å². The zero-order chi connectivity index (χ0) is 22.3. The summed E-state index contributed by atoms with van der Waals surface area (Å²) in [5, 5.41) is 6.78. The van der Waals surface area contributed by atoms with Crippen LogP contribution in [0.2, 0.25) is 0 Å². The number of esters is 2. The van der Waals surface area contributed by atoms with Crippen molar-refractivity contribution in [3.8, 4) is 0 Å². The van der Waals surface area contributed by atoms with Gasteiger partial charge in [-0.15, -0.1) is 4.33 Å². The first-order chi connectivity index (χ1) is 14.8. The Morgan fingerprint density at radius 2 is 1.35 bits per heavy atom. The van der Waals surface area contributed by atoms with Crippen LogP contribution in [0.3, 0.4) is 0 Å². The largest absolute Gasteiger partial charge is 0.463 e. The number of hydrogen-bond acceptors (Lipinski definition) is 10. The van der Waals surface area contributed by atoms with Gasteiger partial charge in [-0.25, -0.2) is 10.1 Å². The van der Waals surface area contributed by atoms with E-state index in [1.54, 1.807) is 0 Å². The smallest absolute Gasteiger partial charge is 0.415 e. The Morgan fingerprint density at radius 3 is 1.87 bits per heavy atom. The molecule has 0 radical (unpaired) electrons. The monoisotopic (exact) mass is 470 g/mol. The number of halogens is 2. The molecule has 4 aliphatic rings. The maximum Gasteiger partial charge on any atom is 0.415 e. The SMILES string of the molecule is O=C(OCCOCCOCCOC(=O)C(F)(F)SOOO)C12CC3CC(CC(C3)C1)C2. The molecule has 0 aromatic carbocycles. The molecule has 12 heteroatoms. The van der Waals surface area contributed by atoms with Crippen molar-refractivity contribution in [2.24, 2.45) is 23.2 Å². The highest BCUT2D eigenvalue weighted by Gasteiger charge is 2.55. The lowest BCUT2D eigenvalue weighted by atomic mass is 9.49. The summed E-state index contributed by atoms with van der Waals surface area (Å²) in [5.74, 6) is 0.104. The third-order valence-electron chi connectivity index (χ3n) is 6.17. The van der Waals surface area contributed by atoms with Gasteiger partial charge in [0.2, 0.25) is 0 Å². The molecule has 0 amide bonds. The number of carbonyl (C=O) groups is 2. The number of hydrogen-bond donors (Lipinski definition) is 1. The van der Waals surface area contributed by atoms with Crippen molar-refractivity contribution in [1.29, 1.82) is 0 Å². The maximum atomic E-state index is 13.1. The van der Waals surface area contributed by atoms with Crippen LogP contribution in [0.5, 0.6) is 0 Å². The Labute approximate surface area is 183 Å². The van der Waals surface area contributed by atoms with Gasteiger partial charge in [-0.2, -0.15) is 8.78 Å². The van der Waals surface area contributed by atoms with E-state index in [0.29, 0.717) is 17.8 Å². The summed E-state index contributed by atoms with van der Waals surface area (Å²) < 4.78 is 50.0. The predicted molar refractivity (Wildman–Crippen MR) is 101 cm³/mol. The lowest BCUT2D eigenvalue weighted by Crippen LogP contribution is -2.50. The molecule has 0 spiro atoms. The molecular formula is C19H28F2O9S. The minimum Gasteiger partial charge on any atom is -0.463 e. The topological polar surface area (TPSA) is 110 Å². The molecule has 9 nitrogen and oxygen atoms in total. The lowest BCUT2D eigenvalue weighted by molar-refractivity contribution is -0.433. The minimum atomic E-state index is -4.03. The van der Waals surface area contributed by atoms with Gasteiger partial charge < -0.3 is 18.9 Å². The molecule has 4 bridgehead atoms. The van der Waals surface area contributed by atoms with Crippen LogP contribution in [0, 0.1) is 23.2 Å². The summed E-state index contributed by atoms with van der Waals surface area (Å²) in [6.07, 6.45) is 6.69. The van der Waals surface area contributed by atoms with Crippen molar-refractivity contribution in [3.63, 3.8) is 0 Å². The quantitative estimate of drug-likeness (QED) is 0.134.